The maximum absolute atomic E-state index is 12.6. The van der Waals surface area contributed by atoms with Gasteiger partial charge in [-0.1, -0.05) is 23.7 Å². The molecule has 3 heterocycles. The van der Waals surface area contributed by atoms with E-state index in [-0.39, 0.29) is 0 Å². The van der Waals surface area contributed by atoms with Crippen molar-refractivity contribution in [1.82, 2.24) is 9.97 Å². The Hall–Kier alpha value is -3.06. The number of ether oxygens (including phenoxy) is 1. The van der Waals surface area contributed by atoms with Crippen LogP contribution in [0.4, 0.5) is 0 Å². The number of carbonyl (C=O) groups is 1. The number of thiophene rings is 2. The number of hydrogen-bond acceptors (Lipinski definition) is 6. The summed E-state index contributed by atoms with van der Waals surface area (Å²) >= 11 is 9.12. The topological polar surface area (TPSA) is 52.1 Å². The van der Waals surface area contributed by atoms with E-state index in [2.05, 4.69) is 0 Å². The molecule has 0 unspecified atom stereocenters. The molecule has 0 saturated heterocycles. The molecule has 0 atom stereocenters. The van der Waals surface area contributed by atoms with Gasteiger partial charge in [0.25, 0.3) is 0 Å². The van der Waals surface area contributed by atoms with Gasteiger partial charge in [-0.3, -0.25) is 0 Å². The predicted molar refractivity (Wildman–Crippen MR) is 123 cm³/mol. The van der Waals surface area contributed by atoms with Crippen LogP contribution in [0.25, 0.3) is 32.2 Å². The average molecular weight is 449 g/mol. The molecule has 5 rings (SSSR count). The highest BCUT2D eigenvalue weighted by Gasteiger charge is 2.16. The Kier molecular flexibility index (Phi) is 5.04. The summed E-state index contributed by atoms with van der Waals surface area (Å²) in [5.41, 5.74) is 3.43. The third kappa shape index (κ3) is 3.73. The molecule has 30 heavy (non-hydrogen) atoms. The van der Waals surface area contributed by atoms with Crippen molar-refractivity contribution in [1.29, 1.82) is 0 Å². The molecular weight excluding hydrogens is 436 g/mol. The van der Waals surface area contributed by atoms with Crippen LogP contribution in [0, 0.1) is 0 Å². The second-order valence-corrected chi connectivity index (χ2v) is 8.75. The van der Waals surface area contributed by atoms with E-state index in [1.807, 2.05) is 35.0 Å². The molecule has 146 valence electrons. The average Bonchev–Trinajstić information content (AvgIpc) is 3.48. The Morgan fingerprint density at radius 1 is 0.800 bits per heavy atom. The Morgan fingerprint density at radius 3 is 2.03 bits per heavy atom. The first-order valence-corrected chi connectivity index (χ1v) is 11.2. The monoisotopic (exact) mass is 448 g/mol. The van der Waals surface area contributed by atoms with Crippen LogP contribution in [0.2, 0.25) is 5.02 Å². The lowest BCUT2D eigenvalue weighted by Gasteiger charge is -2.09. The molecular formula is C23H13ClN2O2S2. The predicted octanol–water partition coefficient (Wildman–Crippen LogP) is 6.96. The zero-order chi connectivity index (χ0) is 20.5. The Balaban J connectivity index is 1.56. The number of aromatic nitrogens is 2. The van der Waals surface area contributed by atoms with Crippen molar-refractivity contribution >= 4 is 51.3 Å². The maximum atomic E-state index is 12.6. The third-order valence-electron chi connectivity index (χ3n) is 4.43. The Labute approximate surface area is 185 Å². The largest absolute Gasteiger partial charge is 0.423 e. The van der Waals surface area contributed by atoms with Crippen LogP contribution in [0.1, 0.15) is 10.4 Å². The molecule has 3 aromatic heterocycles. The molecule has 0 fully saturated rings. The van der Waals surface area contributed by atoms with E-state index >= 15 is 0 Å². The lowest BCUT2D eigenvalue weighted by atomic mass is 10.1. The van der Waals surface area contributed by atoms with Crippen LogP contribution >= 0.6 is 34.3 Å². The molecule has 0 bridgehead atoms. The molecule has 0 N–H and O–H groups in total. The fraction of sp³-hybridized carbons (Fsp3) is 0. The Bertz CT molecular complexity index is 1330. The summed E-state index contributed by atoms with van der Waals surface area (Å²) in [5.74, 6) is -0.0241. The van der Waals surface area contributed by atoms with Gasteiger partial charge in [-0.25, -0.2) is 14.8 Å². The second kappa shape index (κ2) is 7.99. The van der Waals surface area contributed by atoms with Gasteiger partial charge in [0.1, 0.15) is 17.1 Å². The first kappa shape index (κ1) is 18.9. The highest BCUT2D eigenvalue weighted by Crippen LogP contribution is 2.35. The van der Waals surface area contributed by atoms with Crippen molar-refractivity contribution in [3.8, 4) is 26.9 Å². The zero-order valence-corrected chi connectivity index (χ0v) is 17.8. The van der Waals surface area contributed by atoms with Crippen molar-refractivity contribution in [2.75, 3.05) is 0 Å². The van der Waals surface area contributed by atoms with E-state index in [0.717, 1.165) is 26.7 Å². The first-order valence-electron chi connectivity index (χ1n) is 9.05. The number of fused-ring (bicyclic) bond motifs is 1. The van der Waals surface area contributed by atoms with Crippen LogP contribution in [-0.4, -0.2) is 15.9 Å². The summed E-state index contributed by atoms with van der Waals surface area (Å²) in [6.45, 7) is 0. The normalized spacial score (nSPS) is 11.0. The number of hydrogen-bond donors (Lipinski definition) is 0. The number of nitrogens with zero attached hydrogens (tertiary/aromatic N) is 2. The van der Waals surface area contributed by atoms with Gasteiger partial charge in [0, 0.05) is 5.02 Å². The highest BCUT2D eigenvalue weighted by atomic mass is 35.5. The fourth-order valence-electron chi connectivity index (χ4n) is 3.02. The van der Waals surface area contributed by atoms with Crippen molar-refractivity contribution in [2.45, 2.75) is 0 Å². The van der Waals surface area contributed by atoms with Gasteiger partial charge >= 0.3 is 5.97 Å². The van der Waals surface area contributed by atoms with Gasteiger partial charge in [0.15, 0.2) is 0 Å². The minimum atomic E-state index is -0.457. The molecule has 5 aromatic rings. The van der Waals surface area contributed by atoms with E-state index in [1.165, 1.54) is 0 Å². The second-order valence-electron chi connectivity index (χ2n) is 6.42. The summed E-state index contributed by atoms with van der Waals surface area (Å²) in [6.07, 6.45) is 0. The number of benzene rings is 2. The zero-order valence-electron chi connectivity index (χ0n) is 15.4. The van der Waals surface area contributed by atoms with Crippen molar-refractivity contribution in [3.63, 3.8) is 0 Å². The molecule has 0 radical (unpaired) electrons. The van der Waals surface area contributed by atoms with Gasteiger partial charge in [0.2, 0.25) is 0 Å². The minimum Gasteiger partial charge on any atom is -0.423 e. The summed E-state index contributed by atoms with van der Waals surface area (Å²) in [6, 6.07) is 19.9. The van der Waals surface area contributed by atoms with Crippen LogP contribution in [0.5, 0.6) is 5.75 Å². The van der Waals surface area contributed by atoms with Crippen molar-refractivity contribution < 1.29 is 9.53 Å². The van der Waals surface area contributed by atoms with Crippen molar-refractivity contribution in [3.05, 3.63) is 88.1 Å². The van der Waals surface area contributed by atoms with Crippen LogP contribution < -0.4 is 4.74 Å². The van der Waals surface area contributed by atoms with E-state index in [9.17, 15) is 4.79 Å². The van der Waals surface area contributed by atoms with E-state index in [4.69, 9.17) is 26.3 Å². The van der Waals surface area contributed by atoms with Crippen molar-refractivity contribution in [2.24, 2.45) is 0 Å². The third-order valence-corrected chi connectivity index (χ3v) is 6.44. The molecule has 0 aliphatic carbocycles. The molecule has 0 amide bonds. The number of carbonyl (C=O) groups excluding carboxylic acids is 1. The maximum Gasteiger partial charge on any atom is 0.343 e. The van der Waals surface area contributed by atoms with Gasteiger partial charge in [-0.2, -0.15) is 0 Å². The summed E-state index contributed by atoms with van der Waals surface area (Å²) < 4.78 is 5.45. The fourth-order valence-corrected chi connectivity index (χ4v) is 4.58. The minimum absolute atomic E-state index is 0.410. The number of esters is 1. The standard InChI is InChI=1S/C23H13ClN2O2S2/c24-15-6-8-16(9-7-15)28-23(27)14-5-10-17-18(13-14)26-22(20-4-2-12-30-20)21(25-17)19-3-1-11-29-19/h1-13H. The number of rotatable bonds is 4. The van der Waals surface area contributed by atoms with E-state index in [0.29, 0.717) is 21.9 Å². The molecule has 7 heteroatoms. The molecule has 0 spiro atoms. The quantitative estimate of drug-likeness (QED) is 0.220. The molecule has 2 aromatic carbocycles. The molecule has 0 saturated carbocycles. The van der Waals surface area contributed by atoms with E-state index < -0.39 is 5.97 Å². The highest BCUT2D eigenvalue weighted by molar-refractivity contribution is 7.14. The summed E-state index contributed by atoms with van der Waals surface area (Å²) in [7, 11) is 0. The van der Waals surface area contributed by atoms with E-state index in [1.54, 1.807) is 65.1 Å². The SMILES string of the molecule is O=C(Oc1ccc(Cl)cc1)c1ccc2nc(-c3cccs3)c(-c3cccs3)nc2c1. The Morgan fingerprint density at radius 2 is 1.43 bits per heavy atom. The first-order chi connectivity index (χ1) is 14.7. The van der Waals surface area contributed by atoms with Crippen LogP contribution in [-0.2, 0) is 0 Å². The molecule has 4 nitrogen and oxygen atoms in total. The number of halogens is 1. The molecule has 0 aliphatic rings. The summed E-state index contributed by atoms with van der Waals surface area (Å²) in [4.78, 5) is 24.4. The van der Waals surface area contributed by atoms with Gasteiger partial charge in [-0.15, -0.1) is 22.7 Å². The van der Waals surface area contributed by atoms with Crippen LogP contribution in [0.3, 0.4) is 0 Å². The lowest BCUT2D eigenvalue weighted by molar-refractivity contribution is 0.0735. The summed E-state index contributed by atoms with van der Waals surface area (Å²) in [5, 5.41) is 4.62. The van der Waals surface area contributed by atoms with Crippen LogP contribution in [0.15, 0.2) is 77.5 Å². The van der Waals surface area contributed by atoms with Gasteiger partial charge < -0.3 is 4.74 Å². The molecule has 0 aliphatic heterocycles. The van der Waals surface area contributed by atoms with Gasteiger partial charge in [0.05, 0.1) is 26.4 Å². The smallest absolute Gasteiger partial charge is 0.343 e. The van der Waals surface area contributed by atoms with Gasteiger partial charge in [-0.05, 0) is 65.4 Å². The lowest BCUT2D eigenvalue weighted by Crippen LogP contribution is -2.08.